The van der Waals surface area contributed by atoms with Gasteiger partial charge in [0.15, 0.2) is 0 Å². The molecular formula is C11H12F3NO. The molecule has 1 aliphatic rings. The lowest BCUT2D eigenvalue weighted by atomic mass is 10.2. The maximum absolute atomic E-state index is 12.4. The van der Waals surface area contributed by atoms with Crippen LogP contribution in [0.3, 0.4) is 0 Å². The van der Waals surface area contributed by atoms with Gasteiger partial charge >= 0.3 is 6.18 Å². The van der Waals surface area contributed by atoms with Crippen molar-refractivity contribution in [1.29, 1.82) is 0 Å². The molecular weight excluding hydrogens is 219 g/mol. The van der Waals surface area contributed by atoms with Crippen LogP contribution in [0.1, 0.15) is 12.0 Å². The Hall–Kier alpha value is -1.23. The predicted octanol–water partition coefficient (Wildman–Crippen LogP) is 2.43. The van der Waals surface area contributed by atoms with Gasteiger partial charge in [0.2, 0.25) is 0 Å². The van der Waals surface area contributed by atoms with Crippen LogP contribution < -0.4 is 10.5 Å². The van der Waals surface area contributed by atoms with Gasteiger partial charge in [0.05, 0.1) is 12.2 Å². The summed E-state index contributed by atoms with van der Waals surface area (Å²) in [4.78, 5) is 0. The number of nitrogens with two attached hydrogens (primary N) is 1. The van der Waals surface area contributed by atoms with Gasteiger partial charge in [-0.05, 0) is 24.6 Å². The first-order valence-corrected chi connectivity index (χ1v) is 5.02. The summed E-state index contributed by atoms with van der Waals surface area (Å²) >= 11 is 0. The largest absolute Gasteiger partial charge is 0.493 e. The average molecular weight is 231 g/mol. The predicted molar refractivity (Wildman–Crippen MR) is 53.0 cm³/mol. The molecule has 0 aromatic heterocycles. The monoisotopic (exact) mass is 231 g/mol. The highest BCUT2D eigenvalue weighted by atomic mass is 19.4. The Morgan fingerprint density at radius 2 is 2.06 bits per heavy atom. The zero-order chi connectivity index (χ0) is 11.8. The molecule has 2 atom stereocenters. The fraction of sp³-hybridized carbons (Fsp3) is 0.455. The van der Waals surface area contributed by atoms with E-state index in [0.717, 1.165) is 18.6 Å². The average Bonchev–Trinajstić information content (AvgIpc) is 2.91. The van der Waals surface area contributed by atoms with Gasteiger partial charge < -0.3 is 10.5 Å². The van der Waals surface area contributed by atoms with Crippen LogP contribution in [0.5, 0.6) is 5.75 Å². The number of alkyl halides is 3. The van der Waals surface area contributed by atoms with Crippen LogP contribution in [0.15, 0.2) is 24.3 Å². The standard InChI is InChI=1S/C11H12F3NO/c12-11(13,14)8-2-1-3-9(5-8)16-6-7-4-10(7)15/h1-3,5,7,10H,4,6,15H2. The molecule has 88 valence electrons. The fourth-order valence-corrected chi connectivity index (χ4v) is 1.43. The molecule has 0 radical (unpaired) electrons. The topological polar surface area (TPSA) is 35.2 Å². The second-order valence-electron chi connectivity index (χ2n) is 4.00. The van der Waals surface area contributed by atoms with E-state index < -0.39 is 11.7 Å². The molecule has 1 aliphatic carbocycles. The first kappa shape index (κ1) is 11.3. The van der Waals surface area contributed by atoms with E-state index in [1.807, 2.05) is 0 Å². The van der Waals surface area contributed by atoms with Crippen molar-refractivity contribution in [2.45, 2.75) is 18.6 Å². The minimum atomic E-state index is -4.32. The molecule has 0 heterocycles. The van der Waals surface area contributed by atoms with E-state index in [9.17, 15) is 13.2 Å². The Morgan fingerprint density at radius 3 is 2.62 bits per heavy atom. The molecule has 2 N–H and O–H groups in total. The van der Waals surface area contributed by atoms with Crippen molar-refractivity contribution in [3.8, 4) is 5.75 Å². The highest BCUT2D eigenvalue weighted by molar-refractivity contribution is 5.30. The zero-order valence-corrected chi connectivity index (χ0v) is 8.50. The molecule has 0 saturated heterocycles. The summed E-state index contributed by atoms with van der Waals surface area (Å²) in [7, 11) is 0. The highest BCUT2D eigenvalue weighted by Gasteiger charge is 2.34. The van der Waals surface area contributed by atoms with E-state index in [1.165, 1.54) is 12.1 Å². The Bertz CT molecular complexity index is 378. The van der Waals surface area contributed by atoms with Crippen LogP contribution in [0.25, 0.3) is 0 Å². The fourth-order valence-electron chi connectivity index (χ4n) is 1.43. The number of rotatable bonds is 3. The minimum Gasteiger partial charge on any atom is -0.493 e. The molecule has 2 rings (SSSR count). The van der Waals surface area contributed by atoms with Crippen LogP contribution in [0.4, 0.5) is 13.2 Å². The van der Waals surface area contributed by atoms with Gasteiger partial charge in [-0.3, -0.25) is 0 Å². The number of halogens is 3. The summed E-state index contributed by atoms with van der Waals surface area (Å²) in [5.41, 5.74) is 4.88. The summed E-state index contributed by atoms with van der Waals surface area (Å²) in [6.07, 6.45) is -3.44. The van der Waals surface area contributed by atoms with Crippen molar-refractivity contribution < 1.29 is 17.9 Å². The SMILES string of the molecule is NC1CC1COc1cccc(C(F)(F)F)c1. The van der Waals surface area contributed by atoms with Gasteiger partial charge in [0.1, 0.15) is 5.75 Å². The van der Waals surface area contributed by atoms with Crippen LogP contribution in [-0.2, 0) is 6.18 Å². The number of benzene rings is 1. The third kappa shape index (κ3) is 2.66. The van der Waals surface area contributed by atoms with Crippen molar-refractivity contribution in [2.75, 3.05) is 6.61 Å². The molecule has 1 saturated carbocycles. The summed E-state index contributed by atoms with van der Waals surface area (Å²) in [6.45, 7) is 0.391. The molecule has 0 aliphatic heterocycles. The maximum Gasteiger partial charge on any atom is 0.416 e. The molecule has 2 nitrogen and oxygen atoms in total. The van der Waals surface area contributed by atoms with E-state index >= 15 is 0 Å². The van der Waals surface area contributed by atoms with Gasteiger partial charge in [0, 0.05) is 12.0 Å². The van der Waals surface area contributed by atoms with Gasteiger partial charge in [-0.15, -0.1) is 0 Å². The summed E-state index contributed by atoms with van der Waals surface area (Å²) < 4.78 is 42.4. The van der Waals surface area contributed by atoms with E-state index in [0.29, 0.717) is 6.61 Å². The maximum atomic E-state index is 12.4. The zero-order valence-electron chi connectivity index (χ0n) is 8.50. The van der Waals surface area contributed by atoms with E-state index in [4.69, 9.17) is 10.5 Å². The first-order valence-electron chi connectivity index (χ1n) is 5.02. The molecule has 5 heteroatoms. The van der Waals surface area contributed by atoms with Crippen molar-refractivity contribution in [2.24, 2.45) is 11.7 Å². The van der Waals surface area contributed by atoms with Crippen molar-refractivity contribution in [3.63, 3.8) is 0 Å². The van der Waals surface area contributed by atoms with Gasteiger partial charge in [-0.1, -0.05) is 6.07 Å². The molecule has 0 spiro atoms. The summed E-state index contributed by atoms with van der Waals surface area (Å²) in [5.74, 6) is 0.531. The van der Waals surface area contributed by atoms with E-state index in [2.05, 4.69) is 0 Å². The smallest absolute Gasteiger partial charge is 0.416 e. The molecule has 2 unspecified atom stereocenters. The minimum absolute atomic E-state index is 0.144. The third-order valence-electron chi connectivity index (χ3n) is 2.60. The lowest BCUT2D eigenvalue weighted by molar-refractivity contribution is -0.137. The first-order chi connectivity index (χ1) is 7.47. The number of hydrogen-bond donors (Lipinski definition) is 1. The lowest BCUT2D eigenvalue weighted by Gasteiger charge is -2.09. The van der Waals surface area contributed by atoms with Crippen molar-refractivity contribution >= 4 is 0 Å². The number of ether oxygens (including phenoxy) is 1. The normalized spacial score (nSPS) is 24.2. The lowest BCUT2D eigenvalue weighted by Crippen LogP contribution is -2.09. The quantitative estimate of drug-likeness (QED) is 0.867. The Balaban J connectivity index is 1.99. The van der Waals surface area contributed by atoms with Gasteiger partial charge in [0.25, 0.3) is 0 Å². The van der Waals surface area contributed by atoms with Crippen LogP contribution in [0, 0.1) is 5.92 Å². The second kappa shape index (κ2) is 3.97. The molecule has 0 amide bonds. The number of hydrogen-bond acceptors (Lipinski definition) is 2. The Morgan fingerprint density at radius 1 is 1.38 bits per heavy atom. The van der Waals surface area contributed by atoms with E-state index in [1.54, 1.807) is 0 Å². The highest BCUT2D eigenvalue weighted by Crippen LogP contribution is 2.32. The van der Waals surface area contributed by atoms with Gasteiger partial charge in [-0.25, -0.2) is 0 Å². The van der Waals surface area contributed by atoms with Crippen molar-refractivity contribution in [1.82, 2.24) is 0 Å². The summed E-state index contributed by atoms with van der Waals surface area (Å²) in [6, 6.07) is 5.03. The summed E-state index contributed by atoms with van der Waals surface area (Å²) in [5, 5.41) is 0. The third-order valence-corrected chi connectivity index (χ3v) is 2.60. The van der Waals surface area contributed by atoms with Crippen molar-refractivity contribution in [3.05, 3.63) is 29.8 Å². The van der Waals surface area contributed by atoms with Crippen LogP contribution in [0.2, 0.25) is 0 Å². The van der Waals surface area contributed by atoms with Crippen LogP contribution in [-0.4, -0.2) is 12.6 Å². The van der Waals surface area contributed by atoms with Gasteiger partial charge in [-0.2, -0.15) is 13.2 Å². The Kier molecular flexibility index (Phi) is 2.80. The second-order valence-corrected chi connectivity index (χ2v) is 4.00. The van der Waals surface area contributed by atoms with Crippen LogP contribution >= 0.6 is 0 Å². The molecule has 0 bridgehead atoms. The molecule has 1 aromatic carbocycles. The Labute approximate surface area is 91.2 Å². The molecule has 1 fully saturated rings. The van der Waals surface area contributed by atoms with E-state index in [-0.39, 0.29) is 17.7 Å². The molecule has 16 heavy (non-hydrogen) atoms. The molecule has 1 aromatic rings.